The van der Waals surface area contributed by atoms with Crippen molar-refractivity contribution >= 4 is 40.3 Å². The van der Waals surface area contributed by atoms with Gasteiger partial charge in [0.1, 0.15) is 0 Å². The average molecular weight is 360 g/mol. The molecular formula is C19H22ClN3S. The molecule has 0 spiro atoms. The molecule has 5 heteroatoms. The van der Waals surface area contributed by atoms with Gasteiger partial charge in [-0.1, -0.05) is 35.9 Å². The molecule has 0 aliphatic carbocycles. The Balaban J connectivity index is 1.61. The third kappa shape index (κ3) is 3.65. The molecule has 24 heavy (non-hydrogen) atoms. The lowest BCUT2D eigenvalue weighted by molar-refractivity contribution is 0.391. The fraction of sp³-hybridized carbons (Fsp3) is 0.316. The minimum absolute atomic E-state index is 0.794. The molecule has 3 rings (SSSR count). The minimum Gasteiger partial charge on any atom is -0.367 e. The van der Waals surface area contributed by atoms with Gasteiger partial charge in [-0.3, -0.25) is 0 Å². The number of anilines is 2. The van der Waals surface area contributed by atoms with E-state index in [4.69, 9.17) is 23.8 Å². The van der Waals surface area contributed by atoms with E-state index in [-0.39, 0.29) is 0 Å². The highest BCUT2D eigenvalue weighted by molar-refractivity contribution is 7.80. The fourth-order valence-electron chi connectivity index (χ4n) is 2.94. The Kier molecular flexibility index (Phi) is 5.27. The number of hydrogen-bond donors (Lipinski definition) is 1. The Bertz CT molecular complexity index is 739. The van der Waals surface area contributed by atoms with E-state index in [1.54, 1.807) is 0 Å². The quantitative estimate of drug-likeness (QED) is 0.797. The Hall–Kier alpha value is -1.78. The third-order valence-electron chi connectivity index (χ3n) is 4.61. The highest BCUT2D eigenvalue weighted by Crippen LogP contribution is 2.26. The van der Waals surface area contributed by atoms with Gasteiger partial charge in [-0.05, 0) is 55.4 Å². The van der Waals surface area contributed by atoms with Crippen molar-refractivity contribution < 1.29 is 0 Å². The van der Waals surface area contributed by atoms with Crippen LogP contribution in [-0.4, -0.2) is 36.2 Å². The summed E-state index contributed by atoms with van der Waals surface area (Å²) in [6.45, 7) is 7.85. The molecule has 3 nitrogen and oxygen atoms in total. The summed E-state index contributed by atoms with van der Waals surface area (Å²) in [6.07, 6.45) is 0. The maximum absolute atomic E-state index is 6.30. The number of para-hydroxylation sites is 1. The molecule has 126 valence electrons. The molecule has 1 fully saturated rings. The van der Waals surface area contributed by atoms with Crippen LogP contribution in [0, 0.1) is 13.8 Å². The smallest absolute Gasteiger partial charge is 0.173 e. The van der Waals surface area contributed by atoms with Crippen molar-refractivity contribution in [3.63, 3.8) is 0 Å². The zero-order chi connectivity index (χ0) is 17.1. The molecule has 1 N–H and O–H groups in total. The van der Waals surface area contributed by atoms with Crippen LogP contribution in [0.3, 0.4) is 0 Å². The first-order chi connectivity index (χ1) is 11.6. The van der Waals surface area contributed by atoms with Crippen molar-refractivity contribution in [1.82, 2.24) is 4.90 Å². The number of hydrogen-bond acceptors (Lipinski definition) is 2. The second-order valence-corrected chi connectivity index (χ2v) is 6.90. The summed E-state index contributed by atoms with van der Waals surface area (Å²) < 4.78 is 0. The Labute approximate surface area is 154 Å². The van der Waals surface area contributed by atoms with Gasteiger partial charge in [-0.15, -0.1) is 0 Å². The number of aryl methyl sites for hydroxylation is 1. The number of nitrogens with one attached hydrogen (secondary N) is 1. The van der Waals surface area contributed by atoms with E-state index in [0.29, 0.717) is 0 Å². The number of thiocarbonyl (C=S) groups is 1. The van der Waals surface area contributed by atoms with E-state index in [1.165, 1.54) is 11.1 Å². The zero-order valence-electron chi connectivity index (χ0n) is 14.1. The largest absolute Gasteiger partial charge is 0.367 e. The fourth-order valence-corrected chi connectivity index (χ4v) is 3.49. The summed E-state index contributed by atoms with van der Waals surface area (Å²) in [5.74, 6) is 0. The molecule has 0 radical (unpaired) electrons. The maximum Gasteiger partial charge on any atom is 0.173 e. The minimum atomic E-state index is 0.794. The number of benzene rings is 2. The van der Waals surface area contributed by atoms with Crippen LogP contribution in [-0.2, 0) is 0 Å². The van der Waals surface area contributed by atoms with Gasteiger partial charge in [-0.2, -0.15) is 0 Å². The lowest BCUT2D eigenvalue weighted by Gasteiger charge is -2.37. The van der Waals surface area contributed by atoms with E-state index in [2.05, 4.69) is 53.2 Å². The van der Waals surface area contributed by atoms with Crippen LogP contribution in [0.15, 0.2) is 42.5 Å². The molecule has 0 amide bonds. The third-order valence-corrected chi connectivity index (χ3v) is 5.29. The van der Waals surface area contributed by atoms with Gasteiger partial charge >= 0.3 is 0 Å². The molecule has 0 unspecified atom stereocenters. The number of piperazine rings is 1. The molecule has 1 saturated heterocycles. The van der Waals surface area contributed by atoms with Crippen LogP contribution >= 0.6 is 23.8 Å². The molecule has 0 bridgehead atoms. The van der Waals surface area contributed by atoms with E-state index in [0.717, 1.165) is 47.7 Å². The van der Waals surface area contributed by atoms with Gasteiger partial charge in [0.05, 0.1) is 10.7 Å². The molecular weight excluding hydrogens is 338 g/mol. The van der Waals surface area contributed by atoms with Gasteiger partial charge in [-0.25, -0.2) is 0 Å². The second kappa shape index (κ2) is 7.41. The lowest BCUT2D eigenvalue weighted by Crippen LogP contribution is -2.50. The summed E-state index contributed by atoms with van der Waals surface area (Å²) in [7, 11) is 0. The first kappa shape index (κ1) is 17.1. The van der Waals surface area contributed by atoms with Crippen molar-refractivity contribution in [2.75, 3.05) is 36.4 Å². The van der Waals surface area contributed by atoms with Crippen molar-refractivity contribution in [2.45, 2.75) is 13.8 Å². The van der Waals surface area contributed by atoms with E-state index in [1.807, 2.05) is 18.2 Å². The molecule has 0 aromatic heterocycles. The summed E-state index contributed by atoms with van der Waals surface area (Å²) >= 11 is 11.9. The zero-order valence-corrected chi connectivity index (χ0v) is 15.6. The second-order valence-electron chi connectivity index (χ2n) is 6.10. The van der Waals surface area contributed by atoms with Gasteiger partial charge in [0.15, 0.2) is 5.11 Å². The van der Waals surface area contributed by atoms with E-state index >= 15 is 0 Å². The normalized spacial score (nSPS) is 14.6. The van der Waals surface area contributed by atoms with Crippen LogP contribution in [0.1, 0.15) is 11.1 Å². The van der Waals surface area contributed by atoms with Crippen molar-refractivity contribution in [2.24, 2.45) is 0 Å². The maximum atomic E-state index is 6.30. The Morgan fingerprint density at radius 2 is 1.71 bits per heavy atom. The van der Waals surface area contributed by atoms with Crippen molar-refractivity contribution in [3.8, 4) is 0 Å². The topological polar surface area (TPSA) is 18.5 Å². The van der Waals surface area contributed by atoms with E-state index < -0.39 is 0 Å². The van der Waals surface area contributed by atoms with Crippen LogP contribution in [0.25, 0.3) is 0 Å². The first-order valence-electron chi connectivity index (χ1n) is 8.18. The summed E-state index contributed by atoms with van der Waals surface area (Å²) in [6, 6.07) is 14.3. The van der Waals surface area contributed by atoms with Crippen LogP contribution in [0.2, 0.25) is 5.02 Å². The number of nitrogens with zero attached hydrogens (tertiary/aromatic N) is 2. The Morgan fingerprint density at radius 3 is 2.42 bits per heavy atom. The monoisotopic (exact) mass is 359 g/mol. The highest BCUT2D eigenvalue weighted by Gasteiger charge is 2.20. The highest BCUT2D eigenvalue weighted by atomic mass is 35.5. The summed E-state index contributed by atoms with van der Waals surface area (Å²) in [5.41, 5.74) is 4.71. The predicted molar refractivity (Wildman–Crippen MR) is 107 cm³/mol. The number of rotatable bonds is 2. The molecule has 2 aromatic carbocycles. The van der Waals surface area contributed by atoms with Crippen molar-refractivity contribution in [1.29, 1.82) is 0 Å². The van der Waals surface area contributed by atoms with Crippen LogP contribution in [0.4, 0.5) is 11.4 Å². The molecule has 1 aliphatic rings. The average Bonchev–Trinajstić information content (AvgIpc) is 2.59. The van der Waals surface area contributed by atoms with Gasteiger partial charge < -0.3 is 15.1 Å². The molecule has 2 aromatic rings. The van der Waals surface area contributed by atoms with E-state index in [9.17, 15) is 0 Å². The Morgan fingerprint density at radius 1 is 1.00 bits per heavy atom. The summed E-state index contributed by atoms with van der Waals surface area (Å²) in [5, 5.41) is 5.00. The molecule has 0 atom stereocenters. The lowest BCUT2D eigenvalue weighted by atomic mass is 10.1. The first-order valence-corrected chi connectivity index (χ1v) is 8.96. The SMILES string of the molecule is Cc1cccc(NC(=S)N2CCN(c3ccccc3Cl)CC2)c1C. The van der Waals surface area contributed by atoms with Gasteiger partial charge in [0, 0.05) is 31.9 Å². The van der Waals surface area contributed by atoms with Crippen LogP contribution in [0.5, 0.6) is 0 Å². The molecule has 1 aliphatic heterocycles. The van der Waals surface area contributed by atoms with Crippen LogP contribution < -0.4 is 10.2 Å². The molecule has 1 heterocycles. The molecule has 0 saturated carbocycles. The van der Waals surface area contributed by atoms with Gasteiger partial charge in [0.25, 0.3) is 0 Å². The van der Waals surface area contributed by atoms with Crippen molar-refractivity contribution in [3.05, 3.63) is 58.6 Å². The standard InChI is InChI=1S/C19H22ClN3S/c1-14-6-5-8-17(15(14)2)21-19(24)23-12-10-22(11-13-23)18-9-4-3-7-16(18)20/h3-9H,10-13H2,1-2H3,(H,21,24). The predicted octanol–water partition coefficient (Wildman–Crippen LogP) is 4.48. The van der Waals surface area contributed by atoms with Gasteiger partial charge in [0.2, 0.25) is 0 Å². The summed E-state index contributed by atoms with van der Waals surface area (Å²) in [4.78, 5) is 4.55. The number of halogens is 1.